The van der Waals surface area contributed by atoms with Crippen molar-refractivity contribution in [1.29, 1.82) is 0 Å². The monoisotopic (exact) mass is 488 g/mol. The van der Waals surface area contributed by atoms with Crippen LogP contribution in [0.25, 0.3) is 0 Å². The van der Waals surface area contributed by atoms with Gasteiger partial charge in [0.25, 0.3) is 0 Å². The van der Waals surface area contributed by atoms with Crippen LogP contribution in [0, 0.1) is 11.3 Å². The third-order valence-corrected chi connectivity index (χ3v) is 5.53. The van der Waals surface area contributed by atoms with E-state index < -0.39 is 0 Å². The number of rotatable bonds is 10. The Hall–Kier alpha value is -1.09. The Kier molecular flexibility index (Phi) is 9.08. The zero-order valence-electron chi connectivity index (χ0n) is 16.5. The van der Waals surface area contributed by atoms with Gasteiger partial charge < -0.3 is 20.1 Å². The first kappa shape index (κ1) is 22.2. The summed E-state index contributed by atoms with van der Waals surface area (Å²) in [5.74, 6) is 2.30. The molecule has 7 heteroatoms. The Morgan fingerprint density at radius 1 is 1.30 bits per heavy atom. The Morgan fingerprint density at radius 3 is 2.67 bits per heavy atom. The van der Waals surface area contributed by atoms with Gasteiger partial charge in [0, 0.05) is 46.1 Å². The van der Waals surface area contributed by atoms with Gasteiger partial charge in [0.15, 0.2) is 5.96 Å². The highest BCUT2D eigenvalue weighted by atomic mass is 127. The Balaban J connectivity index is 0.00000261. The fourth-order valence-corrected chi connectivity index (χ4v) is 3.28. The second kappa shape index (κ2) is 11.0. The van der Waals surface area contributed by atoms with Crippen molar-refractivity contribution in [2.24, 2.45) is 16.3 Å². The molecule has 27 heavy (non-hydrogen) atoms. The normalized spacial score (nSPS) is 18.2. The van der Waals surface area contributed by atoms with Gasteiger partial charge in [-0.25, -0.2) is 4.98 Å². The highest BCUT2D eigenvalue weighted by Crippen LogP contribution is 2.43. The summed E-state index contributed by atoms with van der Waals surface area (Å²) in [5, 5.41) is 6.85. The van der Waals surface area contributed by atoms with Gasteiger partial charge in [0.05, 0.1) is 6.61 Å². The van der Waals surface area contributed by atoms with Gasteiger partial charge in [-0.1, -0.05) is 12.5 Å². The van der Waals surface area contributed by atoms with Crippen LogP contribution < -0.4 is 15.4 Å². The Labute approximate surface area is 179 Å². The molecule has 0 atom stereocenters. The van der Waals surface area contributed by atoms with Crippen molar-refractivity contribution in [2.45, 2.75) is 45.1 Å². The summed E-state index contributed by atoms with van der Waals surface area (Å²) >= 11 is 0. The number of aliphatic imine (C=N–C) groups is 1. The zero-order valence-corrected chi connectivity index (χ0v) is 18.8. The predicted octanol–water partition coefficient (Wildman–Crippen LogP) is 3.36. The summed E-state index contributed by atoms with van der Waals surface area (Å²) in [4.78, 5) is 8.72. The number of nitrogens with zero attached hydrogens (tertiary/aromatic N) is 2. The molecule has 0 unspecified atom stereocenters. The highest BCUT2D eigenvalue weighted by molar-refractivity contribution is 14.0. The summed E-state index contributed by atoms with van der Waals surface area (Å²) in [6, 6.07) is 4.01. The highest BCUT2D eigenvalue weighted by Gasteiger charge is 2.36. The molecule has 1 aromatic heterocycles. The average Bonchev–Trinajstić information content (AvgIpc) is 3.46. The van der Waals surface area contributed by atoms with Crippen LogP contribution in [0.3, 0.4) is 0 Å². The molecule has 2 aliphatic rings. The van der Waals surface area contributed by atoms with Crippen molar-refractivity contribution < 1.29 is 9.47 Å². The fourth-order valence-electron chi connectivity index (χ4n) is 3.28. The molecule has 2 aliphatic carbocycles. The number of pyridine rings is 1. The van der Waals surface area contributed by atoms with Crippen LogP contribution in [-0.2, 0) is 11.3 Å². The first-order valence-electron chi connectivity index (χ1n) is 9.74. The summed E-state index contributed by atoms with van der Waals surface area (Å²) in [7, 11) is 3.58. The molecule has 3 rings (SSSR count). The smallest absolute Gasteiger partial charge is 0.213 e. The quantitative estimate of drug-likeness (QED) is 0.301. The maximum Gasteiger partial charge on any atom is 0.213 e. The minimum atomic E-state index is 0. The largest absolute Gasteiger partial charge is 0.477 e. The van der Waals surface area contributed by atoms with Crippen LogP contribution in [0.1, 0.15) is 44.1 Å². The zero-order chi connectivity index (χ0) is 18.2. The summed E-state index contributed by atoms with van der Waals surface area (Å²) in [6.07, 6.45) is 9.42. The minimum absolute atomic E-state index is 0. The average molecular weight is 488 g/mol. The lowest BCUT2D eigenvalue weighted by Gasteiger charge is -2.42. The van der Waals surface area contributed by atoms with Gasteiger partial charge in [0.1, 0.15) is 0 Å². The maximum atomic E-state index is 5.68. The molecule has 0 amide bonds. The molecule has 0 saturated heterocycles. The van der Waals surface area contributed by atoms with E-state index in [1.807, 2.05) is 19.3 Å². The molecule has 0 bridgehead atoms. The lowest BCUT2D eigenvalue weighted by atomic mass is 9.67. The van der Waals surface area contributed by atoms with E-state index in [0.29, 0.717) is 17.8 Å². The molecule has 152 valence electrons. The number of nitrogens with one attached hydrogen (secondary N) is 2. The van der Waals surface area contributed by atoms with Crippen LogP contribution in [0.2, 0.25) is 0 Å². The van der Waals surface area contributed by atoms with Gasteiger partial charge >= 0.3 is 0 Å². The van der Waals surface area contributed by atoms with E-state index in [-0.39, 0.29) is 24.0 Å². The molecule has 6 nitrogen and oxygen atoms in total. The van der Waals surface area contributed by atoms with E-state index in [0.717, 1.165) is 43.6 Å². The third kappa shape index (κ3) is 7.10. The van der Waals surface area contributed by atoms with Crippen molar-refractivity contribution in [3.63, 3.8) is 0 Å². The van der Waals surface area contributed by atoms with Gasteiger partial charge in [-0.15, -0.1) is 24.0 Å². The van der Waals surface area contributed by atoms with Gasteiger partial charge in [0.2, 0.25) is 5.88 Å². The second-order valence-electron chi connectivity index (χ2n) is 7.63. The van der Waals surface area contributed by atoms with Crippen LogP contribution in [0.4, 0.5) is 0 Å². The third-order valence-electron chi connectivity index (χ3n) is 5.53. The predicted molar refractivity (Wildman–Crippen MR) is 119 cm³/mol. The first-order valence-corrected chi connectivity index (χ1v) is 9.74. The minimum Gasteiger partial charge on any atom is -0.477 e. The first-order chi connectivity index (χ1) is 12.7. The van der Waals surface area contributed by atoms with Crippen molar-refractivity contribution in [3.8, 4) is 5.88 Å². The van der Waals surface area contributed by atoms with Crippen LogP contribution in [-0.4, -0.2) is 44.9 Å². The molecule has 2 fully saturated rings. The van der Waals surface area contributed by atoms with Gasteiger partial charge in [-0.05, 0) is 49.0 Å². The van der Waals surface area contributed by atoms with Crippen molar-refractivity contribution >= 4 is 29.9 Å². The Bertz CT molecular complexity index is 586. The number of methoxy groups -OCH3 is 1. The number of ether oxygens (including phenoxy) is 2. The van der Waals surface area contributed by atoms with Crippen LogP contribution in [0.15, 0.2) is 23.3 Å². The van der Waals surface area contributed by atoms with Crippen LogP contribution in [0.5, 0.6) is 5.88 Å². The van der Waals surface area contributed by atoms with Crippen molar-refractivity contribution in [1.82, 2.24) is 15.6 Å². The van der Waals surface area contributed by atoms with E-state index in [2.05, 4.69) is 26.7 Å². The van der Waals surface area contributed by atoms with E-state index in [9.17, 15) is 0 Å². The molecular weight excluding hydrogens is 455 g/mol. The van der Waals surface area contributed by atoms with Crippen LogP contribution >= 0.6 is 24.0 Å². The summed E-state index contributed by atoms with van der Waals surface area (Å²) in [6.45, 7) is 3.27. The number of hydrogen-bond acceptors (Lipinski definition) is 4. The number of halogens is 1. The fraction of sp³-hybridized carbons (Fsp3) is 0.700. The standard InChI is InChI=1S/C20H32N4O2.HI/c1-21-19(24-15-20(8-3-9-20)10-11-25-2)23-13-17-6-7-18(22-12-17)26-14-16-4-5-16;/h6-7,12,16H,3-5,8-11,13-15H2,1-2H3,(H2,21,23,24);1H. The molecule has 0 aromatic carbocycles. The molecule has 2 N–H and O–H groups in total. The molecule has 0 aliphatic heterocycles. The molecular formula is C20H33IN4O2. The Morgan fingerprint density at radius 2 is 2.11 bits per heavy atom. The lowest BCUT2D eigenvalue weighted by molar-refractivity contribution is 0.0732. The van der Waals surface area contributed by atoms with Crippen molar-refractivity contribution in [2.75, 3.05) is 33.9 Å². The molecule has 1 aromatic rings. The SMILES string of the molecule is CN=C(NCc1ccc(OCC2CC2)nc1)NCC1(CCOC)CCC1.I. The van der Waals surface area contributed by atoms with Gasteiger partial charge in [-0.3, -0.25) is 4.99 Å². The summed E-state index contributed by atoms with van der Waals surface area (Å²) < 4.78 is 10.9. The second-order valence-corrected chi connectivity index (χ2v) is 7.63. The van der Waals surface area contributed by atoms with Crippen molar-refractivity contribution in [3.05, 3.63) is 23.9 Å². The molecule has 1 heterocycles. The number of guanidine groups is 1. The topological polar surface area (TPSA) is 67.8 Å². The van der Waals surface area contributed by atoms with E-state index in [1.165, 1.54) is 32.1 Å². The number of hydrogen-bond donors (Lipinski definition) is 2. The van der Waals surface area contributed by atoms with Gasteiger partial charge in [-0.2, -0.15) is 0 Å². The van der Waals surface area contributed by atoms with E-state index in [1.54, 1.807) is 7.11 Å². The number of aromatic nitrogens is 1. The molecule has 2 saturated carbocycles. The summed E-state index contributed by atoms with van der Waals surface area (Å²) in [5.41, 5.74) is 1.49. The molecule has 0 radical (unpaired) electrons. The maximum absolute atomic E-state index is 5.68. The van der Waals surface area contributed by atoms with E-state index >= 15 is 0 Å². The lowest BCUT2D eigenvalue weighted by Crippen LogP contribution is -2.46. The molecule has 0 spiro atoms. The van der Waals surface area contributed by atoms with E-state index in [4.69, 9.17) is 9.47 Å².